The van der Waals surface area contributed by atoms with Crippen molar-refractivity contribution in [3.8, 4) is 11.4 Å². The van der Waals surface area contributed by atoms with Crippen LogP contribution in [0.5, 0.6) is 0 Å². The zero-order chi connectivity index (χ0) is 14.7. The van der Waals surface area contributed by atoms with E-state index in [2.05, 4.69) is 9.97 Å². The molecule has 0 saturated carbocycles. The van der Waals surface area contributed by atoms with Crippen molar-refractivity contribution >= 4 is 17.7 Å². The fraction of sp³-hybridized carbons (Fsp3) is 0.333. The van der Waals surface area contributed by atoms with E-state index in [4.69, 9.17) is 4.74 Å². The molecule has 0 spiro atoms. The molecule has 1 fully saturated rings. The third-order valence-electron chi connectivity index (χ3n) is 3.41. The highest BCUT2D eigenvalue weighted by molar-refractivity contribution is 8.00. The minimum atomic E-state index is -0.00221. The van der Waals surface area contributed by atoms with E-state index in [9.17, 15) is 4.79 Å². The van der Waals surface area contributed by atoms with E-state index in [1.807, 2.05) is 41.4 Å². The number of hydrogen-bond acceptors (Lipinski definition) is 4. The SMILES string of the molecule is COCCN1C(=O)CSC1c1cnc(-c2ccccc2)[nH]1. The molecule has 0 radical (unpaired) electrons. The van der Waals surface area contributed by atoms with Gasteiger partial charge in [-0.15, -0.1) is 11.8 Å². The first kappa shape index (κ1) is 14.2. The van der Waals surface area contributed by atoms with Crippen LogP contribution in [-0.2, 0) is 9.53 Å². The van der Waals surface area contributed by atoms with E-state index >= 15 is 0 Å². The fourth-order valence-electron chi connectivity index (χ4n) is 2.35. The number of imidazole rings is 1. The van der Waals surface area contributed by atoms with Gasteiger partial charge in [0.1, 0.15) is 11.2 Å². The van der Waals surface area contributed by atoms with Crippen molar-refractivity contribution in [2.75, 3.05) is 26.0 Å². The number of benzene rings is 1. The lowest BCUT2D eigenvalue weighted by atomic mass is 10.2. The molecule has 3 rings (SSSR count). The minimum absolute atomic E-state index is 0.00221. The zero-order valence-electron chi connectivity index (χ0n) is 11.8. The summed E-state index contributed by atoms with van der Waals surface area (Å²) in [5.41, 5.74) is 2.00. The lowest BCUT2D eigenvalue weighted by molar-refractivity contribution is -0.128. The number of nitrogens with one attached hydrogen (secondary N) is 1. The van der Waals surface area contributed by atoms with Gasteiger partial charge in [0.2, 0.25) is 5.91 Å². The second-order valence-corrected chi connectivity index (χ2v) is 5.86. The topological polar surface area (TPSA) is 58.2 Å². The predicted octanol–water partition coefficient (Wildman–Crippen LogP) is 2.30. The number of methoxy groups -OCH3 is 1. The van der Waals surface area contributed by atoms with E-state index in [1.165, 1.54) is 0 Å². The van der Waals surface area contributed by atoms with Gasteiger partial charge >= 0.3 is 0 Å². The van der Waals surface area contributed by atoms with Crippen molar-refractivity contribution in [3.63, 3.8) is 0 Å². The Hall–Kier alpha value is -1.79. The quantitative estimate of drug-likeness (QED) is 0.921. The van der Waals surface area contributed by atoms with Crippen LogP contribution in [0.3, 0.4) is 0 Å². The molecule has 1 aliphatic heterocycles. The molecule has 2 aromatic rings. The average molecular weight is 303 g/mol. The van der Waals surface area contributed by atoms with Gasteiger partial charge in [0.25, 0.3) is 0 Å². The Balaban J connectivity index is 1.80. The first-order chi connectivity index (χ1) is 10.3. The highest BCUT2D eigenvalue weighted by Gasteiger charge is 2.33. The summed E-state index contributed by atoms with van der Waals surface area (Å²) < 4.78 is 5.08. The van der Waals surface area contributed by atoms with Gasteiger partial charge in [-0.05, 0) is 0 Å². The summed E-state index contributed by atoms with van der Waals surface area (Å²) in [6, 6.07) is 9.97. The molecule has 1 aliphatic rings. The van der Waals surface area contributed by atoms with E-state index < -0.39 is 0 Å². The molecule has 1 unspecified atom stereocenters. The molecule has 1 saturated heterocycles. The van der Waals surface area contributed by atoms with Crippen molar-refractivity contribution in [1.82, 2.24) is 14.9 Å². The maximum atomic E-state index is 12.0. The molecule has 1 aromatic carbocycles. The number of rotatable bonds is 5. The Morgan fingerprint density at radius 2 is 2.24 bits per heavy atom. The molecule has 1 atom stereocenters. The largest absolute Gasteiger partial charge is 0.383 e. The Morgan fingerprint density at radius 3 is 3.00 bits per heavy atom. The van der Waals surface area contributed by atoms with Crippen LogP contribution in [0.4, 0.5) is 0 Å². The Labute approximate surface area is 127 Å². The van der Waals surface area contributed by atoms with Gasteiger partial charge < -0.3 is 14.6 Å². The van der Waals surface area contributed by atoms with Crippen LogP contribution >= 0.6 is 11.8 Å². The van der Waals surface area contributed by atoms with Gasteiger partial charge in [0, 0.05) is 19.2 Å². The summed E-state index contributed by atoms with van der Waals surface area (Å²) in [6.07, 6.45) is 1.82. The standard InChI is InChI=1S/C15H17N3O2S/c1-20-8-7-18-13(19)10-21-15(18)12-9-16-14(17-12)11-5-3-2-4-6-11/h2-6,9,15H,7-8,10H2,1H3,(H,16,17). The number of thioether (sulfide) groups is 1. The van der Waals surface area contributed by atoms with Crippen LogP contribution in [0.15, 0.2) is 36.5 Å². The lowest BCUT2D eigenvalue weighted by Gasteiger charge is -2.22. The van der Waals surface area contributed by atoms with Crippen LogP contribution in [0, 0.1) is 0 Å². The number of aromatic amines is 1. The molecular weight excluding hydrogens is 286 g/mol. The summed E-state index contributed by atoms with van der Waals surface area (Å²) >= 11 is 1.62. The van der Waals surface area contributed by atoms with Gasteiger partial charge in [-0.2, -0.15) is 0 Å². The van der Waals surface area contributed by atoms with Crippen molar-refractivity contribution in [1.29, 1.82) is 0 Å². The number of nitrogens with zero attached hydrogens (tertiary/aromatic N) is 2. The summed E-state index contributed by atoms with van der Waals surface area (Å²) in [5.74, 6) is 1.49. The monoisotopic (exact) mass is 303 g/mol. The van der Waals surface area contributed by atoms with E-state index in [0.717, 1.165) is 17.1 Å². The summed E-state index contributed by atoms with van der Waals surface area (Å²) in [4.78, 5) is 21.6. The lowest BCUT2D eigenvalue weighted by Crippen LogP contribution is -2.31. The molecule has 6 heteroatoms. The molecule has 5 nitrogen and oxygen atoms in total. The molecule has 110 valence electrons. The van der Waals surface area contributed by atoms with E-state index in [0.29, 0.717) is 18.9 Å². The smallest absolute Gasteiger partial charge is 0.233 e. The highest BCUT2D eigenvalue weighted by Crippen LogP contribution is 2.38. The van der Waals surface area contributed by atoms with Crippen LogP contribution in [0.1, 0.15) is 11.1 Å². The summed E-state index contributed by atoms with van der Waals surface area (Å²) in [7, 11) is 1.65. The van der Waals surface area contributed by atoms with Gasteiger partial charge in [0.15, 0.2) is 0 Å². The molecule has 21 heavy (non-hydrogen) atoms. The maximum Gasteiger partial charge on any atom is 0.233 e. The fourth-order valence-corrected chi connectivity index (χ4v) is 3.52. The number of carbonyl (C=O) groups excluding carboxylic acids is 1. The van der Waals surface area contributed by atoms with Gasteiger partial charge in [-0.1, -0.05) is 30.3 Å². The predicted molar refractivity (Wildman–Crippen MR) is 82.8 cm³/mol. The normalized spacial score (nSPS) is 18.4. The molecule has 0 aliphatic carbocycles. The zero-order valence-corrected chi connectivity index (χ0v) is 12.6. The van der Waals surface area contributed by atoms with Crippen molar-refractivity contribution in [2.45, 2.75) is 5.37 Å². The Kier molecular flexibility index (Phi) is 4.26. The number of hydrogen-bond donors (Lipinski definition) is 1. The highest BCUT2D eigenvalue weighted by atomic mass is 32.2. The van der Waals surface area contributed by atoms with Gasteiger partial charge in [-0.25, -0.2) is 4.98 Å². The van der Waals surface area contributed by atoms with Crippen molar-refractivity contribution < 1.29 is 9.53 Å². The van der Waals surface area contributed by atoms with Gasteiger partial charge in [-0.3, -0.25) is 4.79 Å². The molecule has 0 bridgehead atoms. The number of carbonyl (C=O) groups is 1. The Bertz CT molecular complexity index is 614. The van der Waals surface area contributed by atoms with Gasteiger partial charge in [0.05, 0.1) is 24.3 Å². The second kappa shape index (κ2) is 6.32. The van der Waals surface area contributed by atoms with E-state index in [-0.39, 0.29) is 11.3 Å². The first-order valence-electron chi connectivity index (χ1n) is 6.80. The van der Waals surface area contributed by atoms with Crippen LogP contribution in [-0.4, -0.2) is 46.8 Å². The number of H-pyrrole nitrogens is 1. The summed E-state index contributed by atoms with van der Waals surface area (Å²) in [5, 5.41) is -0.00221. The van der Waals surface area contributed by atoms with Crippen molar-refractivity contribution in [2.24, 2.45) is 0 Å². The maximum absolute atomic E-state index is 12.0. The minimum Gasteiger partial charge on any atom is -0.383 e. The molecule has 1 N–H and O–H groups in total. The number of amides is 1. The van der Waals surface area contributed by atoms with Crippen molar-refractivity contribution in [3.05, 3.63) is 42.2 Å². The van der Waals surface area contributed by atoms with Crippen LogP contribution in [0.2, 0.25) is 0 Å². The molecule has 2 heterocycles. The Morgan fingerprint density at radius 1 is 1.43 bits per heavy atom. The van der Waals surface area contributed by atoms with Crippen LogP contribution in [0.25, 0.3) is 11.4 Å². The summed E-state index contributed by atoms with van der Waals surface area (Å²) in [6.45, 7) is 1.15. The van der Waals surface area contributed by atoms with Crippen LogP contribution < -0.4 is 0 Å². The molecule has 1 aromatic heterocycles. The average Bonchev–Trinajstić information content (AvgIpc) is 3.13. The second-order valence-electron chi connectivity index (χ2n) is 4.80. The molecular formula is C15H17N3O2S. The van der Waals surface area contributed by atoms with E-state index in [1.54, 1.807) is 18.9 Å². The number of ether oxygens (including phenoxy) is 1. The third kappa shape index (κ3) is 2.96. The molecule has 1 amide bonds. The third-order valence-corrected chi connectivity index (χ3v) is 4.65. The number of aromatic nitrogens is 2. The first-order valence-corrected chi connectivity index (χ1v) is 7.85.